The van der Waals surface area contributed by atoms with Crippen LogP contribution in [0, 0.1) is 18.3 Å². The summed E-state index contributed by atoms with van der Waals surface area (Å²) in [6.07, 6.45) is 5.91. The molecule has 3 atom stereocenters. The van der Waals surface area contributed by atoms with Crippen LogP contribution in [0.2, 0.25) is 0 Å². The molecular formula is C21H35NO7. The summed E-state index contributed by atoms with van der Waals surface area (Å²) in [6.45, 7) is 8.57. The van der Waals surface area contributed by atoms with Gasteiger partial charge in [-0.25, -0.2) is 4.79 Å². The van der Waals surface area contributed by atoms with E-state index in [-0.39, 0.29) is 30.9 Å². The fourth-order valence-electron chi connectivity index (χ4n) is 3.15. The Labute approximate surface area is 174 Å². The van der Waals surface area contributed by atoms with Gasteiger partial charge in [0, 0.05) is 45.9 Å². The zero-order chi connectivity index (χ0) is 21.9. The van der Waals surface area contributed by atoms with Gasteiger partial charge in [0.1, 0.15) is 18.5 Å². The lowest BCUT2D eigenvalue weighted by atomic mass is 9.87. The van der Waals surface area contributed by atoms with Crippen LogP contribution in [0.3, 0.4) is 0 Å². The van der Waals surface area contributed by atoms with E-state index in [1.54, 1.807) is 12.0 Å². The predicted octanol–water partition coefficient (Wildman–Crippen LogP) is 2.59. The molecule has 0 saturated carbocycles. The third kappa shape index (κ3) is 9.97. The van der Waals surface area contributed by atoms with E-state index in [0.717, 1.165) is 0 Å². The van der Waals surface area contributed by atoms with Crippen molar-refractivity contribution in [3.8, 4) is 12.3 Å². The number of nitrogens with zero attached hydrogens (tertiary/aromatic N) is 1. The second-order valence-corrected chi connectivity index (χ2v) is 7.99. The first-order chi connectivity index (χ1) is 13.7. The number of likely N-dealkylation sites (tertiary alicyclic amines) is 1. The molecule has 1 aliphatic rings. The largest absolute Gasteiger partial charge is 0.462 e. The molecule has 0 radical (unpaired) electrons. The molecule has 29 heavy (non-hydrogen) atoms. The monoisotopic (exact) mass is 413 g/mol. The minimum absolute atomic E-state index is 0.0638. The standard InChI is InChI=1S/C21H35NO7/c1-7-8-9-18(27-15-26-13-12-25-6)17-14-22(20(24)29-21(3,4)5)11-10-19(17)28-16(2)23/h1,17-19H,8-15H2,2-6H3. The van der Waals surface area contributed by atoms with E-state index in [1.807, 2.05) is 20.8 Å². The van der Waals surface area contributed by atoms with Crippen molar-refractivity contribution in [3.05, 3.63) is 0 Å². The minimum Gasteiger partial charge on any atom is -0.462 e. The van der Waals surface area contributed by atoms with Gasteiger partial charge in [-0.05, 0) is 27.2 Å². The molecule has 0 aliphatic carbocycles. The van der Waals surface area contributed by atoms with Crippen LogP contribution in [-0.2, 0) is 28.5 Å². The van der Waals surface area contributed by atoms with Gasteiger partial charge in [0.25, 0.3) is 0 Å². The quantitative estimate of drug-likeness (QED) is 0.236. The summed E-state index contributed by atoms with van der Waals surface area (Å²) in [6, 6.07) is 0. The normalized spacial score (nSPS) is 20.6. The number of hydrogen-bond acceptors (Lipinski definition) is 7. The van der Waals surface area contributed by atoms with Gasteiger partial charge in [-0.2, -0.15) is 0 Å². The number of carbonyl (C=O) groups is 2. The van der Waals surface area contributed by atoms with Crippen LogP contribution in [-0.4, -0.2) is 75.0 Å². The van der Waals surface area contributed by atoms with Crippen LogP contribution >= 0.6 is 0 Å². The smallest absolute Gasteiger partial charge is 0.410 e. The number of carbonyl (C=O) groups excluding carboxylic acids is 2. The molecule has 0 aromatic heterocycles. The molecule has 1 rings (SSSR count). The fourth-order valence-corrected chi connectivity index (χ4v) is 3.15. The molecule has 8 heteroatoms. The van der Waals surface area contributed by atoms with E-state index in [0.29, 0.717) is 45.6 Å². The number of esters is 1. The Kier molecular flexibility index (Phi) is 11.0. The van der Waals surface area contributed by atoms with Gasteiger partial charge in [0.05, 0.1) is 19.3 Å². The highest BCUT2D eigenvalue weighted by Crippen LogP contribution is 2.28. The first-order valence-corrected chi connectivity index (χ1v) is 9.94. The molecule has 1 saturated heterocycles. The number of methoxy groups -OCH3 is 1. The summed E-state index contributed by atoms with van der Waals surface area (Å²) in [5.74, 6) is 2.02. The van der Waals surface area contributed by atoms with Crippen LogP contribution in [0.25, 0.3) is 0 Å². The van der Waals surface area contributed by atoms with E-state index >= 15 is 0 Å². The lowest BCUT2D eigenvalue weighted by Gasteiger charge is -2.41. The number of amides is 1. The summed E-state index contributed by atoms with van der Waals surface area (Å²) in [5, 5.41) is 0. The predicted molar refractivity (Wildman–Crippen MR) is 107 cm³/mol. The van der Waals surface area contributed by atoms with Gasteiger partial charge >= 0.3 is 12.1 Å². The molecule has 1 fully saturated rings. The van der Waals surface area contributed by atoms with Crippen molar-refractivity contribution in [1.82, 2.24) is 4.90 Å². The van der Waals surface area contributed by atoms with E-state index in [4.69, 9.17) is 30.1 Å². The van der Waals surface area contributed by atoms with Crippen molar-refractivity contribution >= 4 is 12.1 Å². The number of terminal acetylenes is 1. The molecule has 0 bridgehead atoms. The van der Waals surface area contributed by atoms with E-state index in [1.165, 1.54) is 6.92 Å². The van der Waals surface area contributed by atoms with E-state index in [9.17, 15) is 9.59 Å². The number of hydrogen-bond donors (Lipinski definition) is 0. The second-order valence-electron chi connectivity index (χ2n) is 7.99. The van der Waals surface area contributed by atoms with Crippen LogP contribution in [0.1, 0.15) is 47.0 Å². The Morgan fingerprint density at radius 2 is 2.00 bits per heavy atom. The summed E-state index contributed by atoms with van der Waals surface area (Å²) < 4.78 is 27.3. The minimum atomic E-state index is -0.589. The fraction of sp³-hybridized carbons (Fsp3) is 0.810. The van der Waals surface area contributed by atoms with Crippen molar-refractivity contribution in [1.29, 1.82) is 0 Å². The van der Waals surface area contributed by atoms with Gasteiger partial charge in [-0.15, -0.1) is 12.3 Å². The Bertz CT molecular complexity index is 552. The molecule has 0 N–H and O–H groups in total. The highest BCUT2D eigenvalue weighted by molar-refractivity contribution is 5.68. The molecule has 3 unspecified atom stereocenters. The maximum Gasteiger partial charge on any atom is 0.410 e. The van der Waals surface area contributed by atoms with Crippen molar-refractivity contribution < 1.29 is 33.3 Å². The van der Waals surface area contributed by atoms with Gasteiger partial charge < -0.3 is 28.6 Å². The zero-order valence-corrected chi connectivity index (χ0v) is 18.3. The van der Waals surface area contributed by atoms with Crippen molar-refractivity contribution in [3.63, 3.8) is 0 Å². The van der Waals surface area contributed by atoms with Crippen molar-refractivity contribution in [2.24, 2.45) is 5.92 Å². The average Bonchev–Trinajstić information content (AvgIpc) is 2.62. The molecule has 166 valence electrons. The van der Waals surface area contributed by atoms with Crippen LogP contribution in [0.15, 0.2) is 0 Å². The first-order valence-electron chi connectivity index (χ1n) is 9.94. The molecule has 1 heterocycles. The lowest BCUT2D eigenvalue weighted by molar-refractivity contribution is -0.166. The highest BCUT2D eigenvalue weighted by Gasteiger charge is 2.40. The van der Waals surface area contributed by atoms with Gasteiger partial charge in [0.15, 0.2) is 0 Å². The van der Waals surface area contributed by atoms with E-state index < -0.39 is 11.7 Å². The topological polar surface area (TPSA) is 83.5 Å². The number of piperidine rings is 1. The Hall–Kier alpha value is -1.82. The molecule has 1 aliphatic heterocycles. The van der Waals surface area contributed by atoms with Crippen molar-refractivity contribution in [2.45, 2.75) is 64.8 Å². The van der Waals surface area contributed by atoms with E-state index in [2.05, 4.69) is 5.92 Å². The molecule has 1 amide bonds. The molecule has 0 spiro atoms. The third-order valence-electron chi connectivity index (χ3n) is 4.41. The zero-order valence-electron chi connectivity index (χ0n) is 18.3. The van der Waals surface area contributed by atoms with Gasteiger partial charge in [0.2, 0.25) is 0 Å². The Morgan fingerprint density at radius 3 is 2.59 bits per heavy atom. The average molecular weight is 414 g/mol. The summed E-state index contributed by atoms with van der Waals surface area (Å²) in [4.78, 5) is 25.8. The van der Waals surface area contributed by atoms with Crippen LogP contribution in [0.5, 0.6) is 0 Å². The second kappa shape index (κ2) is 12.7. The van der Waals surface area contributed by atoms with Gasteiger partial charge in [-0.3, -0.25) is 4.79 Å². The molecule has 8 nitrogen and oxygen atoms in total. The number of rotatable bonds is 10. The highest BCUT2D eigenvalue weighted by atomic mass is 16.7. The SMILES string of the molecule is C#CCCC(OCOCCOC)C1CN(C(=O)OC(C)(C)C)CCC1OC(C)=O. The molecule has 0 aromatic carbocycles. The van der Waals surface area contributed by atoms with Crippen LogP contribution in [0.4, 0.5) is 4.79 Å². The van der Waals surface area contributed by atoms with Crippen LogP contribution < -0.4 is 0 Å². The summed E-state index contributed by atoms with van der Waals surface area (Å²) >= 11 is 0. The maximum absolute atomic E-state index is 12.5. The molecular weight excluding hydrogens is 378 g/mol. The maximum atomic E-state index is 12.5. The summed E-state index contributed by atoms with van der Waals surface area (Å²) in [7, 11) is 1.59. The van der Waals surface area contributed by atoms with Crippen molar-refractivity contribution in [2.75, 3.05) is 40.2 Å². The molecule has 0 aromatic rings. The lowest BCUT2D eigenvalue weighted by Crippen LogP contribution is -2.52. The Morgan fingerprint density at radius 1 is 1.28 bits per heavy atom. The van der Waals surface area contributed by atoms with Gasteiger partial charge in [-0.1, -0.05) is 0 Å². The number of ether oxygens (including phenoxy) is 5. The Balaban J connectivity index is 2.87. The third-order valence-corrected chi connectivity index (χ3v) is 4.41. The first kappa shape index (κ1) is 25.2. The summed E-state index contributed by atoms with van der Waals surface area (Å²) in [5.41, 5.74) is -0.589.